The van der Waals surface area contributed by atoms with Crippen LogP contribution in [-0.2, 0) is 6.54 Å². The summed E-state index contributed by atoms with van der Waals surface area (Å²) in [6, 6.07) is 6.30. The molecule has 0 bridgehead atoms. The maximum atomic E-state index is 4.58. The molecule has 0 saturated heterocycles. The van der Waals surface area contributed by atoms with E-state index in [0.29, 0.717) is 0 Å². The lowest BCUT2D eigenvalue weighted by molar-refractivity contribution is 1.02. The van der Waals surface area contributed by atoms with E-state index in [1.807, 2.05) is 32.0 Å². The molecule has 110 valence electrons. The molecule has 0 unspecified atom stereocenters. The topological polar surface area (TPSA) is 44.0 Å². The van der Waals surface area contributed by atoms with Crippen LogP contribution < -0.4 is 10.2 Å². The fourth-order valence-electron chi connectivity index (χ4n) is 2.24. The predicted molar refractivity (Wildman–Crippen MR) is 94.5 cm³/mol. The summed E-state index contributed by atoms with van der Waals surface area (Å²) >= 11 is 5.30. The van der Waals surface area contributed by atoms with Gasteiger partial charge in [-0.05, 0) is 41.1 Å². The second kappa shape index (κ2) is 5.69. The number of nitrogens with one attached hydrogen (secondary N) is 2. The maximum absolute atomic E-state index is 4.58. The molecule has 0 aliphatic rings. The summed E-state index contributed by atoms with van der Waals surface area (Å²) < 4.78 is 2.40. The zero-order valence-electron chi connectivity index (χ0n) is 12.2. The molecule has 0 spiro atoms. The van der Waals surface area contributed by atoms with Crippen LogP contribution in [0.5, 0.6) is 0 Å². The van der Waals surface area contributed by atoms with Crippen LogP contribution in [0.25, 0.3) is 10.2 Å². The number of anilines is 2. The number of rotatable bonds is 4. The van der Waals surface area contributed by atoms with Crippen LogP contribution in [0.4, 0.5) is 11.5 Å². The number of H-pyrrole nitrogens is 1. The van der Waals surface area contributed by atoms with Gasteiger partial charge in [-0.3, -0.25) is 0 Å². The van der Waals surface area contributed by atoms with Gasteiger partial charge in [0, 0.05) is 30.9 Å². The molecule has 6 heteroatoms. The van der Waals surface area contributed by atoms with Crippen molar-refractivity contribution >= 4 is 49.0 Å². The van der Waals surface area contributed by atoms with Crippen LogP contribution in [0.3, 0.4) is 0 Å². The Morgan fingerprint density at radius 2 is 2.19 bits per heavy atom. The van der Waals surface area contributed by atoms with Crippen molar-refractivity contribution in [2.75, 3.05) is 24.3 Å². The van der Waals surface area contributed by atoms with Crippen LogP contribution in [0.1, 0.15) is 11.4 Å². The van der Waals surface area contributed by atoms with Crippen molar-refractivity contribution in [1.29, 1.82) is 0 Å². The van der Waals surface area contributed by atoms with Gasteiger partial charge in [0.2, 0.25) is 0 Å². The van der Waals surface area contributed by atoms with Gasteiger partial charge in [-0.2, -0.15) is 0 Å². The minimum Gasteiger partial charge on any atom is -0.376 e. The number of fused-ring (bicyclic) bond motifs is 1. The zero-order chi connectivity index (χ0) is 15.0. The highest BCUT2D eigenvalue weighted by molar-refractivity contribution is 9.10. The van der Waals surface area contributed by atoms with Gasteiger partial charge in [0.05, 0.1) is 26.9 Å². The second-order valence-corrected chi connectivity index (χ2v) is 6.95. The highest BCUT2D eigenvalue weighted by Crippen LogP contribution is 2.31. The Bertz CT molecular complexity index is 775. The van der Waals surface area contributed by atoms with Crippen molar-refractivity contribution in [3.8, 4) is 0 Å². The highest BCUT2D eigenvalue weighted by Gasteiger charge is 2.09. The minimum atomic E-state index is 0.749. The highest BCUT2D eigenvalue weighted by atomic mass is 79.9. The summed E-state index contributed by atoms with van der Waals surface area (Å²) in [7, 11) is 4.02. The molecule has 0 aromatic carbocycles. The van der Waals surface area contributed by atoms with Crippen molar-refractivity contribution in [2.45, 2.75) is 13.5 Å². The van der Waals surface area contributed by atoms with Crippen LogP contribution in [0.15, 0.2) is 28.1 Å². The van der Waals surface area contributed by atoms with E-state index >= 15 is 0 Å². The van der Waals surface area contributed by atoms with E-state index < -0.39 is 0 Å². The standard InChI is InChI=1S/C15H17BrN4S/c1-9-4-5-12(15(18-9)20(2)3)17-7-10-6-13-14(19-10)11(16)8-21-13/h4-6,8,17,19H,7H2,1-3H3. The Kier molecular flexibility index (Phi) is 3.91. The van der Waals surface area contributed by atoms with Gasteiger partial charge >= 0.3 is 0 Å². The van der Waals surface area contributed by atoms with Gasteiger partial charge < -0.3 is 15.2 Å². The van der Waals surface area contributed by atoms with Gasteiger partial charge in [0.25, 0.3) is 0 Å². The Morgan fingerprint density at radius 1 is 1.38 bits per heavy atom. The first-order chi connectivity index (χ1) is 10.0. The lowest BCUT2D eigenvalue weighted by atomic mass is 10.3. The van der Waals surface area contributed by atoms with Crippen molar-refractivity contribution in [1.82, 2.24) is 9.97 Å². The quantitative estimate of drug-likeness (QED) is 0.722. The molecule has 3 aromatic rings. The van der Waals surface area contributed by atoms with Crippen LogP contribution >= 0.6 is 27.3 Å². The molecule has 3 aromatic heterocycles. The van der Waals surface area contributed by atoms with E-state index in [-0.39, 0.29) is 0 Å². The molecule has 21 heavy (non-hydrogen) atoms. The SMILES string of the molecule is Cc1ccc(NCc2cc3scc(Br)c3[nH]2)c(N(C)C)n1. The van der Waals surface area contributed by atoms with E-state index in [9.17, 15) is 0 Å². The molecule has 0 aliphatic carbocycles. The fraction of sp³-hybridized carbons (Fsp3) is 0.267. The molecule has 0 fully saturated rings. The zero-order valence-corrected chi connectivity index (χ0v) is 14.6. The van der Waals surface area contributed by atoms with Crippen molar-refractivity contribution in [3.05, 3.63) is 39.4 Å². The lowest BCUT2D eigenvalue weighted by Crippen LogP contribution is -2.14. The monoisotopic (exact) mass is 364 g/mol. The maximum Gasteiger partial charge on any atom is 0.151 e. The third-order valence-corrected chi connectivity index (χ3v) is 5.13. The summed E-state index contributed by atoms with van der Waals surface area (Å²) in [5.74, 6) is 0.963. The number of nitrogens with zero attached hydrogens (tertiary/aromatic N) is 2. The summed E-state index contributed by atoms with van der Waals surface area (Å²) in [6.45, 7) is 2.76. The summed E-state index contributed by atoms with van der Waals surface area (Å²) in [5, 5.41) is 5.57. The molecule has 0 amide bonds. The Morgan fingerprint density at radius 3 is 2.90 bits per heavy atom. The van der Waals surface area contributed by atoms with E-state index in [4.69, 9.17) is 0 Å². The normalized spacial score (nSPS) is 11.0. The smallest absolute Gasteiger partial charge is 0.151 e. The third kappa shape index (κ3) is 2.91. The minimum absolute atomic E-state index is 0.749. The number of hydrogen-bond donors (Lipinski definition) is 2. The average Bonchev–Trinajstić information content (AvgIpc) is 2.99. The molecule has 3 rings (SSSR count). The number of aromatic amines is 1. The molecular weight excluding hydrogens is 348 g/mol. The number of thiophene rings is 1. The molecule has 0 radical (unpaired) electrons. The van der Waals surface area contributed by atoms with Crippen molar-refractivity contribution in [2.24, 2.45) is 0 Å². The molecule has 0 aliphatic heterocycles. The van der Waals surface area contributed by atoms with Gasteiger partial charge in [0.15, 0.2) is 5.82 Å². The average molecular weight is 365 g/mol. The number of hydrogen-bond acceptors (Lipinski definition) is 4. The predicted octanol–water partition coefficient (Wildman–Crippen LogP) is 4.37. The molecule has 4 nitrogen and oxygen atoms in total. The van der Waals surface area contributed by atoms with Crippen molar-refractivity contribution < 1.29 is 0 Å². The van der Waals surface area contributed by atoms with Gasteiger partial charge in [-0.15, -0.1) is 11.3 Å². The van der Waals surface area contributed by atoms with Crippen LogP contribution in [0.2, 0.25) is 0 Å². The summed E-state index contributed by atoms with van der Waals surface area (Å²) in [5.41, 5.74) is 4.41. The Labute approximate surface area is 136 Å². The lowest BCUT2D eigenvalue weighted by Gasteiger charge is -2.17. The first kappa shape index (κ1) is 14.4. The Hall–Kier alpha value is -1.53. The van der Waals surface area contributed by atoms with Gasteiger partial charge in [-0.25, -0.2) is 4.98 Å². The molecule has 0 saturated carbocycles. The number of aromatic nitrogens is 2. The molecule has 3 heterocycles. The van der Waals surface area contributed by atoms with E-state index in [1.54, 1.807) is 11.3 Å². The number of halogens is 1. The van der Waals surface area contributed by atoms with Gasteiger partial charge in [-0.1, -0.05) is 0 Å². The van der Waals surface area contributed by atoms with E-state index in [1.165, 1.54) is 15.9 Å². The number of aryl methyl sites for hydroxylation is 1. The first-order valence-electron chi connectivity index (χ1n) is 6.68. The van der Waals surface area contributed by atoms with Crippen LogP contribution in [0, 0.1) is 6.92 Å². The molecular formula is C15H17BrN4S. The largest absolute Gasteiger partial charge is 0.376 e. The first-order valence-corrected chi connectivity index (χ1v) is 8.35. The fourth-order valence-corrected chi connectivity index (χ4v) is 3.80. The van der Waals surface area contributed by atoms with Crippen LogP contribution in [-0.4, -0.2) is 24.1 Å². The molecule has 0 atom stereocenters. The van der Waals surface area contributed by atoms with E-state index in [0.717, 1.165) is 28.2 Å². The summed E-state index contributed by atoms with van der Waals surface area (Å²) in [4.78, 5) is 10.0. The third-order valence-electron chi connectivity index (χ3n) is 3.27. The van der Waals surface area contributed by atoms with E-state index in [2.05, 4.69) is 48.7 Å². The second-order valence-electron chi connectivity index (χ2n) is 5.19. The number of pyridine rings is 1. The van der Waals surface area contributed by atoms with Gasteiger partial charge in [0.1, 0.15) is 0 Å². The Balaban J connectivity index is 1.81. The van der Waals surface area contributed by atoms with Crippen molar-refractivity contribution in [3.63, 3.8) is 0 Å². The molecule has 2 N–H and O–H groups in total. The summed E-state index contributed by atoms with van der Waals surface area (Å²) in [6.07, 6.45) is 0.